The Morgan fingerprint density at radius 1 is 1.48 bits per heavy atom. The molecule has 2 aliphatic rings. The summed E-state index contributed by atoms with van der Waals surface area (Å²) in [5.41, 5.74) is 6.07. The number of hydrogen-bond acceptors (Lipinski definition) is 8. The Labute approximate surface area is 174 Å². The molecule has 1 amide bonds. The number of thioether (sulfide) groups is 1. The number of carboxylic acids is 1. The van der Waals surface area contributed by atoms with Gasteiger partial charge in [-0.1, -0.05) is 6.07 Å². The summed E-state index contributed by atoms with van der Waals surface area (Å²) >= 11 is 1.32. The third-order valence-electron chi connectivity index (χ3n) is 5.15. The van der Waals surface area contributed by atoms with Crippen molar-refractivity contribution in [3.05, 3.63) is 23.3 Å². The van der Waals surface area contributed by atoms with E-state index in [1.165, 1.54) is 18.9 Å². The van der Waals surface area contributed by atoms with Crippen LogP contribution in [0.5, 0.6) is 11.5 Å². The molecule has 2 unspecified atom stereocenters. The largest absolute Gasteiger partial charge is 0.536 e. The van der Waals surface area contributed by atoms with Gasteiger partial charge in [0.05, 0.1) is 18.0 Å². The molecule has 11 heteroatoms. The minimum atomic E-state index is -1.21. The van der Waals surface area contributed by atoms with Crippen LogP contribution in [0.25, 0.3) is 0 Å². The summed E-state index contributed by atoms with van der Waals surface area (Å²) in [6.07, 6.45) is 1.30. The summed E-state index contributed by atoms with van der Waals surface area (Å²) in [5, 5.41) is 22.8. The lowest BCUT2D eigenvalue weighted by molar-refractivity contribution is -0.127. The Hall–Kier alpha value is -1.95. The van der Waals surface area contributed by atoms with E-state index < -0.39 is 13.1 Å². The molecule has 0 saturated carbocycles. The van der Waals surface area contributed by atoms with Gasteiger partial charge < -0.3 is 35.5 Å². The summed E-state index contributed by atoms with van der Waals surface area (Å²) in [6.45, 7) is 2.66. The van der Waals surface area contributed by atoms with E-state index >= 15 is 0 Å². The van der Waals surface area contributed by atoms with Crippen molar-refractivity contribution < 1.29 is 29.1 Å². The van der Waals surface area contributed by atoms with Crippen molar-refractivity contribution in [2.24, 2.45) is 5.73 Å². The number of carbonyl (C=O) groups is 2. The van der Waals surface area contributed by atoms with Gasteiger partial charge in [0.25, 0.3) is 0 Å². The van der Waals surface area contributed by atoms with Crippen molar-refractivity contribution in [1.29, 1.82) is 0 Å². The predicted molar refractivity (Wildman–Crippen MR) is 111 cm³/mol. The Balaban J connectivity index is 1.59. The number of aromatic carboxylic acids is 1. The second kappa shape index (κ2) is 9.70. The minimum Gasteiger partial charge on any atom is -0.534 e. The first-order chi connectivity index (χ1) is 13.9. The predicted octanol–water partition coefficient (Wildman–Crippen LogP) is -0.401. The van der Waals surface area contributed by atoms with Gasteiger partial charge in [-0.2, -0.15) is 0 Å². The maximum atomic E-state index is 12.5. The molecule has 0 aromatic heterocycles. The second-order valence-corrected chi connectivity index (χ2v) is 8.29. The zero-order valence-corrected chi connectivity index (χ0v) is 17.1. The fourth-order valence-corrected chi connectivity index (χ4v) is 4.70. The summed E-state index contributed by atoms with van der Waals surface area (Å²) in [7, 11) is 0.176. The fraction of sp³-hybridized carbons (Fsp3) is 0.556. The Morgan fingerprint density at radius 3 is 2.97 bits per heavy atom. The number of amides is 1. The van der Waals surface area contributed by atoms with Gasteiger partial charge in [0.15, 0.2) is 0 Å². The number of hydrogen-bond donors (Lipinski definition) is 4. The van der Waals surface area contributed by atoms with Gasteiger partial charge >= 0.3 is 13.1 Å². The molecule has 1 aromatic carbocycles. The lowest BCUT2D eigenvalue weighted by Crippen LogP contribution is -2.42. The smallest absolute Gasteiger partial charge is 0.534 e. The van der Waals surface area contributed by atoms with Crippen molar-refractivity contribution in [3.8, 4) is 11.5 Å². The molecule has 5 N–H and O–H groups in total. The number of benzene rings is 1. The average molecular weight is 423 g/mol. The molecular weight excluding hydrogens is 397 g/mol. The first-order valence-corrected chi connectivity index (χ1v) is 10.6. The Morgan fingerprint density at radius 2 is 2.28 bits per heavy atom. The highest BCUT2D eigenvalue weighted by atomic mass is 32.2. The summed E-state index contributed by atoms with van der Waals surface area (Å²) in [6, 6.07) is 3.58. The standard InChI is InChI=1S/C18H26BN3O6S/c1-27-13-3-2-11-8-14(19(26)28-17(11)16(13)18(24)25)29-10-15(23)22-7-4-12(9-22)21-6-5-20/h2-3,12,14,21,26H,4-10,20H2,1H3,(H,24,25). The lowest BCUT2D eigenvalue weighted by Gasteiger charge is -2.29. The molecule has 1 aromatic rings. The lowest BCUT2D eigenvalue weighted by atomic mass is 9.77. The van der Waals surface area contributed by atoms with E-state index in [2.05, 4.69) is 5.32 Å². The van der Waals surface area contributed by atoms with Gasteiger partial charge in [-0.3, -0.25) is 4.79 Å². The molecule has 0 bridgehead atoms. The number of nitrogens with zero attached hydrogens (tertiary/aromatic N) is 1. The van der Waals surface area contributed by atoms with Gasteiger partial charge in [-0.05, 0) is 24.5 Å². The maximum Gasteiger partial charge on any atom is 0.536 e. The fourth-order valence-electron chi connectivity index (χ4n) is 3.64. The first-order valence-electron chi connectivity index (χ1n) is 9.55. The van der Waals surface area contributed by atoms with Crippen LogP contribution >= 0.6 is 11.8 Å². The second-order valence-electron chi connectivity index (χ2n) is 7.07. The Bertz CT molecular complexity index is 767. The van der Waals surface area contributed by atoms with Gasteiger partial charge in [-0.15, -0.1) is 11.8 Å². The van der Waals surface area contributed by atoms with Crippen LogP contribution in [0.15, 0.2) is 12.1 Å². The topological polar surface area (TPSA) is 134 Å². The van der Waals surface area contributed by atoms with E-state index in [0.717, 1.165) is 13.0 Å². The number of rotatable bonds is 8. The van der Waals surface area contributed by atoms with Crippen LogP contribution in [-0.2, 0) is 11.2 Å². The molecule has 0 aliphatic carbocycles. The van der Waals surface area contributed by atoms with Gasteiger partial charge in [0.2, 0.25) is 5.91 Å². The van der Waals surface area contributed by atoms with Gasteiger partial charge in [-0.25, -0.2) is 4.79 Å². The first kappa shape index (κ1) is 21.8. The third-order valence-corrected chi connectivity index (χ3v) is 6.39. The molecule has 3 rings (SSSR count). The van der Waals surface area contributed by atoms with E-state index in [9.17, 15) is 19.7 Å². The Kier molecular flexibility index (Phi) is 7.28. The van der Waals surface area contributed by atoms with Crippen LogP contribution in [0.2, 0.25) is 0 Å². The molecule has 9 nitrogen and oxygen atoms in total. The third kappa shape index (κ3) is 4.97. The maximum absolute atomic E-state index is 12.5. The normalized spacial score (nSPS) is 20.9. The van der Waals surface area contributed by atoms with Gasteiger partial charge in [0.1, 0.15) is 17.1 Å². The van der Waals surface area contributed by atoms with Crippen molar-refractivity contribution >= 4 is 30.8 Å². The molecule has 158 valence electrons. The van der Waals surface area contributed by atoms with Crippen LogP contribution in [0.4, 0.5) is 0 Å². The van der Waals surface area contributed by atoms with Crippen LogP contribution < -0.4 is 20.4 Å². The summed E-state index contributed by atoms with van der Waals surface area (Å²) in [4.78, 5) is 25.9. The monoisotopic (exact) mass is 423 g/mol. The number of nitrogens with one attached hydrogen (secondary N) is 1. The molecule has 2 heterocycles. The van der Waals surface area contributed by atoms with Crippen LogP contribution in [0.3, 0.4) is 0 Å². The van der Waals surface area contributed by atoms with Crippen LogP contribution in [0, 0.1) is 0 Å². The van der Waals surface area contributed by atoms with E-state index in [1.54, 1.807) is 12.1 Å². The zero-order chi connectivity index (χ0) is 21.0. The quantitative estimate of drug-likeness (QED) is 0.412. The summed E-state index contributed by atoms with van der Waals surface area (Å²) < 4.78 is 10.6. The zero-order valence-electron chi connectivity index (χ0n) is 16.3. The average Bonchev–Trinajstić information content (AvgIpc) is 3.18. The molecule has 2 atom stereocenters. The number of methoxy groups -OCH3 is 1. The van der Waals surface area contributed by atoms with Crippen LogP contribution in [0.1, 0.15) is 22.3 Å². The molecule has 0 spiro atoms. The van der Waals surface area contributed by atoms with E-state index in [4.69, 9.17) is 15.1 Å². The number of carboxylic acid groups (broad SMARTS) is 1. The van der Waals surface area contributed by atoms with E-state index in [0.29, 0.717) is 31.6 Å². The van der Waals surface area contributed by atoms with Crippen molar-refractivity contribution in [2.45, 2.75) is 24.0 Å². The number of nitrogens with two attached hydrogens (primary N) is 1. The SMILES string of the molecule is COc1ccc2c(c1C(=O)O)OB(O)C(SCC(=O)N1CCC(NCCN)C1)C2. The van der Waals surface area contributed by atoms with Crippen LogP contribution in [-0.4, -0.2) is 84.3 Å². The highest BCUT2D eigenvalue weighted by molar-refractivity contribution is 8.01. The molecule has 2 aliphatic heterocycles. The van der Waals surface area contributed by atoms with Crippen molar-refractivity contribution in [2.75, 3.05) is 39.0 Å². The number of fused-ring (bicyclic) bond motifs is 1. The highest BCUT2D eigenvalue weighted by Gasteiger charge is 2.39. The van der Waals surface area contributed by atoms with Gasteiger partial charge in [0, 0.05) is 32.2 Å². The molecule has 0 radical (unpaired) electrons. The number of likely N-dealkylation sites (tertiary alicyclic amines) is 1. The molecule has 1 fully saturated rings. The molecule has 1 saturated heterocycles. The number of carbonyl (C=O) groups excluding carboxylic acids is 1. The summed E-state index contributed by atoms with van der Waals surface area (Å²) in [5.74, 6) is -0.631. The molecular formula is C18H26BN3O6S. The minimum absolute atomic E-state index is 0.0194. The number of ether oxygens (including phenoxy) is 1. The van der Waals surface area contributed by atoms with E-state index in [1.807, 2.05) is 4.90 Å². The van der Waals surface area contributed by atoms with E-state index in [-0.39, 0.29) is 39.9 Å². The van der Waals surface area contributed by atoms with Crippen molar-refractivity contribution in [3.63, 3.8) is 0 Å². The molecule has 29 heavy (non-hydrogen) atoms. The van der Waals surface area contributed by atoms with Crippen molar-refractivity contribution in [1.82, 2.24) is 10.2 Å². The highest BCUT2D eigenvalue weighted by Crippen LogP contribution is 2.38.